The molecule has 3 saturated carbocycles. The maximum absolute atomic E-state index is 13.6. The summed E-state index contributed by atoms with van der Waals surface area (Å²) >= 11 is 0. The smallest absolute Gasteiger partial charge is 0.407 e. The van der Waals surface area contributed by atoms with Crippen LogP contribution < -0.4 is 5.32 Å². The monoisotopic (exact) mass is 657 g/mol. The molecule has 4 aliphatic rings. The summed E-state index contributed by atoms with van der Waals surface area (Å²) in [6, 6.07) is 10.6. The van der Waals surface area contributed by atoms with Gasteiger partial charge in [-0.05, 0) is 85.9 Å². The van der Waals surface area contributed by atoms with Crippen molar-refractivity contribution in [3.8, 4) is 5.75 Å². The molecule has 3 fully saturated rings. The molecular formula is C36H39N3O9. The number of fused-ring (bicyclic) bond motifs is 5. The number of ketones is 2. The molecule has 2 aromatic carbocycles. The highest BCUT2D eigenvalue weighted by atomic mass is 16.6. The molecule has 5 N–H and O–H groups in total. The molecule has 0 radical (unpaired) electrons. The Balaban J connectivity index is 1.08. The molecule has 12 heteroatoms. The summed E-state index contributed by atoms with van der Waals surface area (Å²) in [4.78, 5) is 49.6. The second-order valence-corrected chi connectivity index (χ2v) is 13.8. The molecule has 6 rings (SSSR count). The number of phenols is 1. The van der Waals surface area contributed by atoms with Crippen LogP contribution >= 0.6 is 0 Å². The van der Waals surface area contributed by atoms with E-state index in [-0.39, 0.29) is 54.2 Å². The number of aliphatic hydroxyl groups excluding tert-OH is 1. The Morgan fingerprint density at radius 3 is 2.62 bits per heavy atom. The van der Waals surface area contributed by atoms with Gasteiger partial charge in [-0.25, -0.2) is 9.59 Å². The predicted octanol–water partition coefficient (Wildman–Crippen LogP) is 5.31. The number of nitrogens with zero attached hydrogens (tertiary/aromatic N) is 2. The topological polar surface area (TPSA) is 195 Å². The normalized spacial score (nSPS) is 32.2. The van der Waals surface area contributed by atoms with E-state index in [1.54, 1.807) is 36.4 Å². The van der Waals surface area contributed by atoms with Gasteiger partial charge in [0.25, 0.3) is 0 Å². The fourth-order valence-corrected chi connectivity index (χ4v) is 8.88. The Kier molecular flexibility index (Phi) is 8.59. The van der Waals surface area contributed by atoms with Crippen LogP contribution in [0.5, 0.6) is 5.75 Å². The lowest BCUT2D eigenvalue weighted by molar-refractivity contribution is -0.178. The van der Waals surface area contributed by atoms with Crippen molar-refractivity contribution in [2.75, 3.05) is 6.61 Å². The number of carboxylic acids is 1. The molecule has 0 bridgehead atoms. The van der Waals surface area contributed by atoms with E-state index in [1.807, 2.05) is 13.0 Å². The number of carboxylic acid groups (broad SMARTS) is 1. The zero-order chi connectivity index (χ0) is 34.4. The van der Waals surface area contributed by atoms with Crippen molar-refractivity contribution in [3.05, 3.63) is 77.4 Å². The van der Waals surface area contributed by atoms with Crippen LogP contribution in [0.2, 0.25) is 0 Å². The van der Waals surface area contributed by atoms with E-state index in [1.165, 1.54) is 18.2 Å². The first-order chi connectivity index (χ1) is 22.8. The number of amides is 1. The number of azo groups is 1. The molecule has 0 heterocycles. The zero-order valence-corrected chi connectivity index (χ0v) is 26.8. The number of aliphatic hydroxyl groups is 2. The summed E-state index contributed by atoms with van der Waals surface area (Å²) in [6.45, 7) is 3.27. The van der Waals surface area contributed by atoms with Crippen molar-refractivity contribution < 1.29 is 44.3 Å². The van der Waals surface area contributed by atoms with Crippen molar-refractivity contribution in [2.45, 2.75) is 64.2 Å². The molecule has 4 aliphatic carbocycles. The number of Topliss-reactive ketones (excluding diaryl/α,β-unsaturated/α-hetero) is 1. The minimum Gasteiger partial charge on any atom is -0.507 e. The third-order valence-corrected chi connectivity index (χ3v) is 11.3. The third kappa shape index (κ3) is 5.62. The van der Waals surface area contributed by atoms with E-state index >= 15 is 0 Å². The first-order valence-corrected chi connectivity index (χ1v) is 16.1. The predicted molar refractivity (Wildman–Crippen MR) is 172 cm³/mol. The van der Waals surface area contributed by atoms with Crippen LogP contribution in [0.1, 0.15) is 61.9 Å². The summed E-state index contributed by atoms with van der Waals surface area (Å²) < 4.78 is 5.27. The Morgan fingerprint density at radius 2 is 1.85 bits per heavy atom. The van der Waals surface area contributed by atoms with E-state index in [0.29, 0.717) is 17.7 Å². The fraction of sp³-hybridized carbons (Fsp3) is 0.444. The lowest BCUT2D eigenvalue weighted by atomic mass is 9.46. The molecular weight excluding hydrogens is 618 g/mol. The average Bonchev–Trinajstić information content (AvgIpc) is 3.33. The molecule has 0 saturated heterocycles. The highest BCUT2D eigenvalue weighted by Gasteiger charge is 2.68. The van der Waals surface area contributed by atoms with Gasteiger partial charge < -0.3 is 30.5 Å². The van der Waals surface area contributed by atoms with Crippen molar-refractivity contribution in [1.82, 2.24) is 5.32 Å². The van der Waals surface area contributed by atoms with Gasteiger partial charge >= 0.3 is 12.1 Å². The van der Waals surface area contributed by atoms with Gasteiger partial charge in [0.15, 0.2) is 12.4 Å². The maximum atomic E-state index is 13.6. The first-order valence-electron chi connectivity index (χ1n) is 16.1. The maximum Gasteiger partial charge on any atom is 0.407 e. The van der Waals surface area contributed by atoms with Crippen molar-refractivity contribution in [3.63, 3.8) is 0 Å². The summed E-state index contributed by atoms with van der Waals surface area (Å²) in [5.41, 5.74) is -1.28. The minimum absolute atomic E-state index is 0.0211. The molecule has 252 valence electrons. The number of ether oxygens (including phenoxy) is 1. The number of aromatic hydroxyl groups is 1. The van der Waals surface area contributed by atoms with Crippen LogP contribution in [0.3, 0.4) is 0 Å². The molecule has 0 spiro atoms. The van der Waals surface area contributed by atoms with Gasteiger partial charge in [0.2, 0.25) is 5.78 Å². The summed E-state index contributed by atoms with van der Waals surface area (Å²) in [6.07, 6.45) is 6.00. The molecule has 2 aromatic rings. The summed E-state index contributed by atoms with van der Waals surface area (Å²) in [5.74, 6) is -2.46. The number of carbonyl (C=O) groups excluding carboxylic acids is 3. The van der Waals surface area contributed by atoms with Gasteiger partial charge in [0, 0.05) is 23.3 Å². The fourth-order valence-electron chi connectivity index (χ4n) is 8.88. The quantitative estimate of drug-likeness (QED) is 0.234. The van der Waals surface area contributed by atoms with Crippen LogP contribution in [0.15, 0.2) is 76.5 Å². The van der Waals surface area contributed by atoms with Crippen LogP contribution in [-0.4, -0.2) is 62.4 Å². The average molecular weight is 658 g/mol. The van der Waals surface area contributed by atoms with Crippen molar-refractivity contribution in [2.24, 2.45) is 38.8 Å². The molecule has 1 amide bonds. The number of aromatic carboxylic acids is 1. The Morgan fingerprint density at radius 1 is 1.08 bits per heavy atom. The van der Waals surface area contributed by atoms with E-state index < -0.39 is 52.7 Å². The van der Waals surface area contributed by atoms with E-state index in [0.717, 1.165) is 18.4 Å². The SMILES string of the molecule is CC12C=CC(=O)C=C1CCC1C2C(O)CC2(C)C1CCC2(O)C(=O)COC(=O)NCc1ccccc1/N=N/c1ccc(O)c(C(=O)O)c1. The number of hydrogen-bond donors (Lipinski definition) is 5. The van der Waals surface area contributed by atoms with E-state index in [4.69, 9.17) is 4.74 Å². The van der Waals surface area contributed by atoms with Gasteiger partial charge in [-0.3, -0.25) is 9.59 Å². The van der Waals surface area contributed by atoms with Gasteiger partial charge in [-0.2, -0.15) is 10.2 Å². The van der Waals surface area contributed by atoms with Crippen LogP contribution in [-0.2, 0) is 20.9 Å². The molecule has 0 aromatic heterocycles. The van der Waals surface area contributed by atoms with E-state index in [9.17, 15) is 39.6 Å². The molecule has 7 atom stereocenters. The second kappa shape index (κ2) is 12.4. The number of hydrogen-bond acceptors (Lipinski definition) is 10. The number of alkyl carbamates (subject to hydrolysis) is 1. The van der Waals surface area contributed by atoms with Gasteiger partial charge in [-0.15, -0.1) is 0 Å². The van der Waals surface area contributed by atoms with E-state index in [2.05, 4.69) is 22.5 Å². The summed E-state index contributed by atoms with van der Waals surface area (Å²) in [5, 5.41) is 53.2. The van der Waals surface area contributed by atoms with Crippen LogP contribution in [0.25, 0.3) is 0 Å². The molecule has 7 unspecified atom stereocenters. The van der Waals surface area contributed by atoms with Gasteiger partial charge in [0.1, 0.15) is 16.9 Å². The van der Waals surface area contributed by atoms with Gasteiger partial charge in [0.05, 0.1) is 17.5 Å². The van der Waals surface area contributed by atoms with Crippen LogP contribution in [0, 0.1) is 28.6 Å². The number of nitrogens with one attached hydrogen (secondary N) is 1. The number of carbonyl (C=O) groups is 4. The lowest BCUT2D eigenvalue weighted by Gasteiger charge is -2.59. The molecule has 0 aliphatic heterocycles. The highest BCUT2D eigenvalue weighted by Crippen LogP contribution is 2.67. The van der Waals surface area contributed by atoms with Crippen molar-refractivity contribution >= 4 is 35.0 Å². The largest absolute Gasteiger partial charge is 0.507 e. The van der Waals surface area contributed by atoms with Gasteiger partial charge in [-0.1, -0.05) is 43.7 Å². The molecule has 12 nitrogen and oxygen atoms in total. The first kappa shape index (κ1) is 33.2. The standard InChI is InChI=1S/C36H39N3O9/c1-34-13-11-23(40)15-21(34)7-9-24-26-12-14-36(47,35(26,2)17-29(42)31(24)34)30(43)19-48-33(46)37-18-20-5-3-4-6-27(20)39-38-22-8-10-28(41)25(16-22)32(44)45/h3-6,8,10-11,13,15-16,24,26,29,31,41-42,47H,7,9,12,14,17-19H2,1-2H3,(H,37,46)(H,44,45)/b39-38+. The number of allylic oxidation sites excluding steroid dienone is 4. The van der Waals surface area contributed by atoms with Crippen LogP contribution in [0.4, 0.5) is 16.2 Å². The lowest BCUT2D eigenvalue weighted by Crippen LogP contribution is -2.61. The summed E-state index contributed by atoms with van der Waals surface area (Å²) in [7, 11) is 0. The minimum atomic E-state index is -1.78. The Labute approximate surface area is 277 Å². The second-order valence-electron chi connectivity index (χ2n) is 13.8. The Hall–Kier alpha value is -4.68. The molecule has 48 heavy (non-hydrogen) atoms. The Bertz CT molecular complexity index is 1770. The number of benzene rings is 2. The highest BCUT2D eigenvalue weighted by molar-refractivity contribution is 6.01. The zero-order valence-electron chi connectivity index (χ0n) is 26.8. The number of rotatable bonds is 8. The third-order valence-electron chi connectivity index (χ3n) is 11.3. The van der Waals surface area contributed by atoms with Crippen molar-refractivity contribution in [1.29, 1.82) is 0 Å².